The van der Waals surface area contributed by atoms with Gasteiger partial charge in [0.05, 0.1) is 17.7 Å². The normalized spacial score (nSPS) is 9.83. The molecule has 0 aliphatic carbocycles. The van der Waals surface area contributed by atoms with Gasteiger partial charge in [0.2, 0.25) is 0 Å². The largest absolute Gasteiger partial charge is 0.336 e. The monoisotopic (exact) mass is 245 g/mol. The number of rotatable bonds is 3. The summed E-state index contributed by atoms with van der Waals surface area (Å²) in [5.41, 5.74) is 6.56. The van der Waals surface area contributed by atoms with Crippen LogP contribution in [0.3, 0.4) is 0 Å². The molecule has 1 heterocycles. The van der Waals surface area contributed by atoms with Crippen LogP contribution in [0.15, 0.2) is 18.5 Å². The average Bonchev–Trinajstić information content (AvgIpc) is 2.37. The molecule has 2 N–H and O–H groups in total. The van der Waals surface area contributed by atoms with E-state index in [4.69, 9.17) is 5.73 Å². The Labute approximate surface area is 108 Å². The van der Waals surface area contributed by atoms with Gasteiger partial charge in [-0.3, -0.25) is 9.78 Å². The van der Waals surface area contributed by atoms with Gasteiger partial charge in [-0.1, -0.05) is 11.8 Å². The fourth-order valence-corrected chi connectivity index (χ4v) is 1.72. The molecule has 1 rings (SSSR count). The Morgan fingerprint density at radius 3 is 2.83 bits per heavy atom. The van der Waals surface area contributed by atoms with Crippen molar-refractivity contribution in [1.29, 1.82) is 0 Å². The van der Waals surface area contributed by atoms with Crippen LogP contribution in [0.2, 0.25) is 0 Å². The highest BCUT2D eigenvalue weighted by atomic mass is 16.2. The van der Waals surface area contributed by atoms with Gasteiger partial charge in [0, 0.05) is 25.0 Å². The van der Waals surface area contributed by atoms with Crippen molar-refractivity contribution in [2.75, 3.05) is 13.1 Å². The molecule has 96 valence electrons. The second-order valence-corrected chi connectivity index (χ2v) is 4.11. The van der Waals surface area contributed by atoms with Crippen LogP contribution in [-0.2, 0) is 0 Å². The van der Waals surface area contributed by atoms with Crippen LogP contribution in [0.25, 0.3) is 0 Å². The summed E-state index contributed by atoms with van der Waals surface area (Å²) in [7, 11) is 0. The molecule has 0 fully saturated rings. The second-order valence-electron chi connectivity index (χ2n) is 4.11. The SMILES string of the molecule is CCN(C(=O)c1ccncc1C#CCN)C(C)C. The summed E-state index contributed by atoms with van der Waals surface area (Å²) in [5.74, 6) is 5.62. The van der Waals surface area contributed by atoms with E-state index in [1.54, 1.807) is 23.4 Å². The molecule has 1 aromatic heterocycles. The Balaban J connectivity index is 3.12. The van der Waals surface area contributed by atoms with Crippen molar-refractivity contribution < 1.29 is 4.79 Å². The summed E-state index contributed by atoms with van der Waals surface area (Å²) >= 11 is 0. The van der Waals surface area contributed by atoms with E-state index in [9.17, 15) is 4.79 Å². The summed E-state index contributed by atoms with van der Waals surface area (Å²) in [6, 6.07) is 1.86. The summed E-state index contributed by atoms with van der Waals surface area (Å²) in [6.07, 6.45) is 3.21. The number of amides is 1. The summed E-state index contributed by atoms with van der Waals surface area (Å²) < 4.78 is 0. The Morgan fingerprint density at radius 1 is 1.56 bits per heavy atom. The Hall–Kier alpha value is -1.86. The number of hydrogen-bond acceptors (Lipinski definition) is 3. The number of aromatic nitrogens is 1. The number of nitrogens with two attached hydrogens (primary N) is 1. The zero-order valence-corrected chi connectivity index (χ0v) is 11.1. The van der Waals surface area contributed by atoms with Gasteiger partial charge in [-0.15, -0.1) is 0 Å². The maximum Gasteiger partial charge on any atom is 0.255 e. The lowest BCUT2D eigenvalue weighted by molar-refractivity contribution is 0.0716. The average molecular weight is 245 g/mol. The fourth-order valence-electron chi connectivity index (χ4n) is 1.72. The lowest BCUT2D eigenvalue weighted by atomic mass is 10.1. The lowest BCUT2D eigenvalue weighted by Crippen LogP contribution is -2.37. The number of carbonyl (C=O) groups is 1. The van der Waals surface area contributed by atoms with Crippen molar-refractivity contribution in [3.63, 3.8) is 0 Å². The molecular formula is C14H19N3O. The van der Waals surface area contributed by atoms with E-state index in [1.807, 2.05) is 20.8 Å². The molecule has 0 atom stereocenters. The van der Waals surface area contributed by atoms with Crippen LogP contribution in [0.4, 0.5) is 0 Å². The molecule has 0 aliphatic rings. The van der Waals surface area contributed by atoms with Gasteiger partial charge in [0.25, 0.3) is 5.91 Å². The highest BCUT2D eigenvalue weighted by molar-refractivity contribution is 5.96. The van der Waals surface area contributed by atoms with Crippen molar-refractivity contribution >= 4 is 5.91 Å². The molecule has 0 unspecified atom stereocenters. The third-order valence-corrected chi connectivity index (χ3v) is 2.60. The van der Waals surface area contributed by atoms with Crippen LogP contribution < -0.4 is 5.73 Å². The zero-order valence-electron chi connectivity index (χ0n) is 11.1. The first-order valence-electron chi connectivity index (χ1n) is 6.05. The summed E-state index contributed by atoms with van der Waals surface area (Å²) in [5, 5.41) is 0. The summed E-state index contributed by atoms with van der Waals surface area (Å²) in [6.45, 7) is 6.89. The number of hydrogen-bond donors (Lipinski definition) is 1. The van der Waals surface area contributed by atoms with E-state index in [0.29, 0.717) is 17.7 Å². The lowest BCUT2D eigenvalue weighted by Gasteiger charge is -2.25. The van der Waals surface area contributed by atoms with Gasteiger partial charge in [-0.25, -0.2) is 0 Å². The van der Waals surface area contributed by atoms with Crippen LogP contribution in [0.1, 0.15) is 36.7 Å². The van der Waals surface area contributed by atoms with Gasteiger partial charge in [0.15, 0.2) is 0 Å². The minimum absolute atomic E-state index is 0.0174. The number of nitrogens with zero attached hydrogens (tertiary/aromatic N) is 2. The topological polar surface area (TPSA) is 59.2 Å². The molecule has 0 aromatic carbocycles. The van der Waals surface area contributed by atoms with Gasteiger partial charge >= 0.3 is 0 Å². The maximum atomic E-state index is 12.4. The van der Waals surface area contributed by atoms with Gasteiger partial charge in [0.1, 0.15) is 0 Å². The summed E-state index contributed by atoms with van der Waals surface area (Å²) in [4.78, 5) is 18.2. The molecule has 1 amide bonds. The van der Waals surface area contributed by atoms with Crippen LogP contribution in [0, 0.1) is 11.8 Å². The highest BCUT2D eigenvalue weighted by Gasteiger charge is 2.19. The fraction of sp³-hybridized carbons (Fsp3) is 0.429. The quantitative estimate of drug-likeness (QED) is 0.816. The molecule has 4 nitrogen and oxygen atoms in total. The first kappa shape index (κ1) is 14.2. The van der Waals surface area contributed by atoms with Crippen molar-refractivity contribution in [2.45, 2.75) is 26.8 Å². The first-order valence-corrected chi connectivity index (χ1v) is 6.05. The number of carbonyl (C=O) groups excluding carboxylic acids is 1. The molecule has 4 heteroatoms. The van der Waals surface area contributed by atoms with Gasteiger partial charge in [-0.2, -0.15) is 0 Å². The van der Waals surface area contributed by atoms with Gasteiger partial charge < -0.3 is 10.6 Å². The van der Waals surface area contributed by atoms with Crippen molar-refractivity contribution in [2.24, 2.45) is 5.73 Å². The highest BCUT2D eigenvalue weighted by Crippen LogP contribution is 2.11. The molecular weight excluding hydrogens is 226 g/mol. The van der Waals surface area contributed by atoms with E-state index in [0.717, 1.165) is 0 Å². The standard InChI is InChI=1S/C14H19N3O/c1-4-17(11(2)3)14(18)13-7-9-16-10-12(13)6-5-8-15/h7,9-11H,4,8,15H2,1-3H3. The minimum atomic E-state index is -0.0174. The van der Waals surface area contributed by atoms with Crippen molar-refractivity contribution in [3.8, 4) is 11.8 Å². The van der Waals surface area contributed by atoms with Crippen LogP contribution >= 0.6 is 0 Å². The molecule has 0 radical (unpaired) electrons. The number of pyridine rings is 1. The Bertz CT molecular complexity index is 471. The molecule has 1 aromatic rings. The van der Waals surface area contributed by atoms with Gasteiger partial charge in [-0.05, 0) is 26.8 Å². The third kappa shape index (κ3) is 3.31. The minimum Gasteiger partial charge on any atom is -0.336 e. The van der Waals surface area contributed by atoms with E-state index in [1.165, 1.54) is 0 Å². The second kappa shape index (κ2) is 6.77. The molecule has 0 spiro atoms. The predicted octanol–water partition coefficient (Wildman–Crippen LogP) is 1.26. The molecule has 0 saturated carbocycles. The van der Waals surface area contributed by atoms with Crippen molar-refractivity contribution in [3.05, 3.63) is 29.6 Å². The third-order valence-electron chi connectivity index (χ3n) is 2.60. The Morgan fingerprint density at radius 2 is 2.28 bits per heavy atom. The molecule has 18 heavy (non-hydrogen) atoms. The van der Waals surface area contributed by atoms with Crippen LogP contribution in [-0.4, -0.2) is 34.9 Å². The first-order chi connectivity index (χ1) is 8.61. The Kier molecular flexibility index (Phi) is 5.34. The van der Waals surface area contributed by atoms with E-state index in [2.05, 4.69) is 16.8 Å². The maximum absolute atomic E-state index is 12.4. The van der Waals surface area contributed by atoms with E-state index in [-0.39, 0.29) is 18.5 Å². The van der Waals surface area contributed by atoms with E-state index >= 15 is 0 Å². The molecule has 0 aliphatic heterocycles. The van der Waals surface area contributed by atoms with E-state index < -0.39 is 0 Å². The molecule has 0 bridgehead atoms. The van der Waals surface area contributed by atoms with Crippen molar-refractivity contribution in [1.82, 2.24) is 9.88 Å². The smallest absolute Gasteiger partial charge is 0.255 e. The zero-order chi connectivity index (χ0) is 13.5. The molecule has 0 saturated heterocycles. The predicted molar refractivity (Wildman–Crippen MR) is 72.0 cm³/mol. The van der Waals surface area contributed by atoms with Crippen LogP contribution in [0.5, 0.6) is 0 Å².